The number of ether oxygens (including phenoxy) is 1. The summed E-state index contributed by atoms with van der Waals surface area (Å²) < 4.78 is 5.23. The molecule has 66 valence electrons. The molecule has 2 rings (SSSR count). The molecule has 0 aliphatic rings. The lowest BCUT2D eigenvalue weighted by atomic mass is 10.2. The van der Waals surface area contributed by atoms with Crippen molar-refractivity contribution < 1.29 is 4.74 Å². The number of aryl methyl sites for hydroxylation is 1. The van der Waals surface area contributed by atoms with Gasteiger partial charge in [0.05, 0.1) is 0 Å². The van der Waals surface area contributed by atoms with Gasteiger partial charge >= 0.3 is 0 Å². The molecule has 0 aliphatic carbocycles. The van der Waals surface area contributed by atoms with Gasteiger partial charge < -0.3 is 4.74 Å². The zero-order valence-corrected chi connectivity index (χ0v) is 7.01. The molecule has 13 heavy (non-hydrogen) atoms. The highest BCUT2D eigenvalue weighted by molar-refractivity contribution is 5.27. The molecule has 1 aromatic heterocycles. The van der Waals surface area contributed by atoms with Crippen molar-refractivity contribution >= 4 is 0 Å². The van der Waals surface area contributed by atoms with E-state index in [2.05, 4.69) is 20.6 Å². The molecule has 0 N–H and O–H groups in total. The Labute approximate surface area is 74.7 Å². The molecule has 1 heterocycles. The fourth-order valence-electron chi connectivity index (χ4n) is 0.889. The van der Waals surface area contributed by atoms with Crippen LogP contribution in [0.2, 0.25) is 0 Å². The third kappa shape index (κ3) is 1.81. The van der Waals surface area contributed by atoms with Gasteiger partial charge in [0.2, 0.25) is 0 Å². The first-order valence-corrected chi connectivity index (χ1v) is 3.78. The molecular weight excluding hydrogens is 168 g/mol. The SMILES string of the molecule is Cc1ccc(Oc2nnn[n-]2)cc1. The summed E-state index contributed by atoms with van der Waals surface area (Å²) in [4.78, 5) is 0. The Hall–Kier alpha value is -1.91. The maximum Gasteiger partial charge on any atom is 0.194 e. The summed E-state index contributed by atoms with van der Waals surface area (Å²) in [7, 11) is 0. The normalized spacial score (nSPS) is 9.92. The average molecular weight is 175 g/mol. The van der Waals surface area contributed by atoms with Crippen LogP contribution in [0.1, 0.15) is 5.56 Å². The van der Waals surface area contributed by atoms with E-state index in [4.69, 9.17) is 4.74 Å². The molecule has 0 radical (unpaired) electrons. The summed E-state index contributed by atoms with van der Waals surface area (Å²) in [5, 5.41) is 13.7. The van der Waals surface area contributed by atoms with Crippen LogP contribution in [0.5, 0.6) is 11.8 Å². The van der Waals surface area contributed by atoms with Crippen LogP contribution in [0.4, 0.5) is 0 Å². The van der Waals surface area contributed by atoms with Crippen LogP contribution >= 0.6 is 0 Å². The van der Waals surface area contributed by atoms with Gasteiger partial charge in [-0.15, -0.1) is 0 Å². The molecule has 0 bridgehead atoms. The van der Waals surface area contributed by atoms with Gasteiger partial charge in [0.1, 0.15) is 5.75 Å². The summed E-state index contributed by atoms with van der Waals surface area (Å²) >= 11 is 0. The lowest BCUT2D eigenvalue weighted by molar-refractivity contribution is 0.440. The largest absolute Gasteiger partial charge is 0.449 e. The summed E-state index contributed by atoms with van der Waals surface area (Å²) in [6.07, 6.45) is 0. The predicted molar refractivity (Wildman–Crippen MR) is 44.4 cm³/mol. The van der Waals surface area contributed by atoms with Gasteiger partial charge in [-0.2, -0.15) is 5.21 Å². The Morgan fingerprint density at radius 2 is 2.00 bits per heavy atom. The molecule has 0 spiro atoms. The standard InChI is InChI=1S/C8H7N4O/c1-6-2-4-7(5-3-6)13-8-9-11-12-10-8/h2-5H,1H3/q-1. The molecule has 0 unspecified atom stereocenters. The molecule has 0 amide bonds. The number of hydrogen-bond acceptors (Lipinski definition) is 4. The van der Waals surface area contributed by atoms with E-state index in [1.54, 1.807) is 0 Å². The summed E-state index contributed by atoms with van der Waals surface area (Å²) in [5.41, 5.74) is 1.17. The monoisotopic (exact) mass is 175 g/mol. The number of aromatic nitrogens is 4. The van der Waals surface area contributed by atoms with Crippen molar-refractivity contribution in [3.63, 3.8) is 0 Å². The number of benzene rings is 1. The Bertz CT molecular complexity index is 368. The Morgan fingerprint density at radius 3 is 2.62 bits per heavy atom. The third-order valence-electron chi connectivity index (χ3n) is 1.53. The van der Waals surface area contributed by atoms with Gasteiger partial charge in [0.25, 0.3) is 0 Å². The van der Waals surface area contributed by atoms with E-state index in [-0.39, 0.29) is 6.01 Å². The first kappa shape index (κ1) is 7.72. The minimum absolute atomic E-state index is 0.170. The highest BCUT2D eigenvalue weighted by Gasteiger charge is 1.93. The average Bonchev–Trinajstić information content (AvgIpc) is 2.62. The topological polar surface area (TPSA) is 62.0 Å². The van der Waals surface area contributed by atoms with Gasteiger partial charge in [-0.3, -0.25) is 10.3 Å². The second-order valence-electron chi connectivity index (χ2n) is 2.58. The molecule has 0 atom stereocenters. The first-order valence-electron chi connectivity index (χ1n) is 3.78. The van der Waals surface area contributed by atoms with E-state index in [0.717, 1.165) is 0 Å². The molecule has 0 saturated carbocycles. The molecule has 5 nitrogen and oxygen atoms in total. The zero-order chi connectivity index (χ0) is 9.10. The highest BCUT2D eigenvalue weighted by atomic mass is 16.5. The van der Waals surface area contributed by atoms with E-state index in [1.165, 1.54) is 5.56 Å². The quantitative estimate of drug-likeness (QED) is 0.679. The predicted octanol–water partition coefficient (Wildman–Crippen LogP) is 0.930. The van der Waals surface area contributed by atoms with Crippen LogP contribution in [0.15, 0.2) is 24.3 Å². The first-order chi connectivity index (χ1) is 6.34. The maximum atomic E-state index is 5.23. The zero-order valence-electron chi connectivity index (χ0n) is 7.01. The van der Waals surface area contributed by atoms with Crippen molar-refractivity contribution in [2.24, 2.45) is 0 Å². The van der Waals surface area contributed by atoms with Gasteiger partial charge in [0, 0.05) is 0 Å². The number of hydrogen-bond donors (Lipinski definition) is 0. The van der Waals surface area contributed by atoms with Crippen LogP contribution in [-0.4, -0.2) is 15.5 Å². The smallest absolute Gasteiger partial charge is 0.194 e. The minimum atomic E-state index is 0.170. The van der Waals surface area contributed by atoms with Gasteiger partial charge in [-0.05, 0) is 19.1 Å². The van der Waals surface area contributed by atoms with Crippen LogP contribution in [-0.2, 0) is 0 Å². The molecule has 0 aliphatic heterocycles. The minimum Gasteiger partial charge on any atom is -0.449 e. The molecule has 0 saturated heterocycles. The summed E-state index contributed by atoms with van der Waals surface area (Å²) in [6, 6.07) is 7.74. The van der Waals surface area contributed by atoms with Gasteiger partial charge in [0.15, 0.2) is 6.01 Å². The van der Waals surface area contributed by atoms with Gasteiger partial charge in [-0.25, -0.2) is 5.10 Å². The van der Waals surface area contributed by atoms with E-state index in [9.17, 15) is 0 Å². The van der Waals surface area contributed by atoms with Crippen molar-refractivity contribution in [2.75, 3.05) is 0 Å². The summed E-state index contributed by atoms with van der Waals surface area (Å²) in [5.74, 6) is 0.681. The third-order valence-corrected chi connectivity index (χ3v) is 1.53. The molecule has 2 aromatic rings. The van der Waals surface area contributed by atoms with Crippen LogP contribution < -0.4 is 9.84 Å². The van der Waals surface area contributed by atoms with Crippen molar-refractivity contribution in [2.45, 2.75) is 6.92 Å². The second kappa shape index (κ2) is 3.22. The lowest BCUT2D eigenvalue weighted by Crippen LogP contribution is -1.87. The van der Waals surface area contributed by atoms with E-state index < -0.39 is 0 Å². The molecule has 5 heteroatoms. The molecule has 0 fully saturated rings. The second-order valence-corrected chi connectivity index (χ2v) is 2.58. The summed E-state index contributed by atoms with van der Waals surface area (Å²) in [6.45, 7) is 2.01. The fourth-order valence-corrected chi connectivity index (χ4v) is 0.889. The highest BCUT2D eigenvalue weighted by Crippen LogP contribution is 2.15. The Balaban J connectivity index is 2.15. The number of nitrogens with zero attached hydrogens (tertiary/aromatic N) is 4. The number of tetrazole rings is 1. The maximum absolute atomic E-state index is 5.23. The fraction of sp³-hybridized carbons (Fsp3) is 0.125. The van der Waals surface area contributed by atoms with Crippen LogP contribution in [0, 0.1) is 6.92 Å². The van der Waals surface area contributed by atoms with Crippen molar-refractivity contribution in [1.29, 1.82) is 0 Å². The van der Waals surface area contributed by atoms with Crippen LogP contribution in [0.3, 0.4) is 0 Å². The molecular formula is C8H7N4O-. The van der Waals surface area contributed by atoms with E-state index in [1.807, 2.05) is 31.2 Å². The Morgan fingerprint density at radius 1 is 1.23 bits per heavy atom. The molecule has 1 aromatic carbocycles. The Kier molecular flexibility index (Phi) is 1.91. The van der Waals surface area contributed by atoms with E-state index in [0.29, 0.717) is 5.75 Å². The van der Waals surface area contributed by atoms with Crippen molar-refractivity contribution in [3.8, 4) is 11.8 Å². The van der Waals surface area contributed by atoms with Crippen molar-refractivity contribution in [1.82, 2.24) is 20.6 Å². The lowest BCUT2D eigenvalue weighted by Gasteiger charge is -2.03. The van der Waals surface area contributed by atoms with Gasteiger partial charge in [-0.1, -0.05) is 17.7 Å². The number of rotatable bonds is 2. The van der Waals surface area contributed by atoms with Crippen molar-refractivity contribution in [3.05, 3.63) is 29.8 Å². The van der Waals surface area contributed by atoms with Crippen LogP contribution in [0.25, 0.3) is 0 Å². The van der Waals surface area contributed by atoms with E-state index >= 15 is 0 Å².